The van der Waals surface area contributed by atoms with Gasteiger partial charge in [-0.25, -0.2) is 0 Å². The van der Waals surface area contributed by atoms with Crippen molar-refractivity contribution in [3.05, 3.63) is 0 Å². The third kappa shape index (κ3) is 32.0. The Morgan fingerprint density at radius 1 is 0.333 bits per heavy atom. The summed E-state index contributed by atoms with van der Waals surface area (Å²) in [7, 11) is 0. The molecule has 0 aliphatic heterocycles. The molecule has 1 heteroatoms. The first-order valence-electron chi connectivity index (χ1n) is 16.0. The fraction of sp³-hybridized carbons (Fsp3) is 1.00. The number of rotatable bonds is 29. The van der Waals surface area contributed by atoms with Crippen LogP contribution in [0.15, 0.2) is 0 Å². The van der Waals surface area contributed by atoms with Gasteiger partial charge in [0.15, 0.2) is 0 Å². The first-order chi connectivity index (χ1) is 16.3. The van der Waals surface area contributed by atoms with E-state index in [-0.39, 0.29) is 6.10 Å². The molecule has 0 amide bonds. The Morgan fingerprint density at radius 3 is 0.697 bits per heavy atom. The van der Waals surface area contributed by atoms with Crippen molar-refractivity contribution < 1.29 is 5.11 Å². The fourth-order valence-corrected chi connectivity index (χ4v) is 5.11. The van der Waals surface area contributed by atoms with E-state index in [9.17, 15) is 5.11 Å². The van der Waals surface area contributed by atoms with Gasteiger partial charge >= 0.3 is 0 Å². The Bertz CT molecular complexity index is 324. The maximum absolute atomic E-state index is 9.25. The summed E-state index contributed by atoms with van der Waals surface area (Å²) < 4.78 is 0. The highest BCUT2D eigenvalue weighted by Gasteiger charge is 1.97. The molecule has 0 spiro atoms. The molecule has 0 rings (SSSR count). The molecule has 0 aromatic heterocycles. The van der Waals surface area contributed by atoms with Gasteiger partial charge in [0, 0.05) is 0 Å². The van der Waals surface area contributed by atoms with E-state index >= 15 is 0 Å². The van der Waals surface area contributed by atoms with Crippen LogP contribution in [0.3, 0.4) is 0 Å². The van der Waals surface area contributed by atoms with Crippen LogP contribution in [0.5, 0.6) is 0 Å². The molecular weight excluding hydrogens is 400 g/mol. The van der Waals surface area contributed by atoms with Crippen molar-refractivity contribution in [3.8, 4) is 0 Å². The van der Waals surface area contributed by atoms with E-state index in [4.69, 9.17) is 0 Å². The Morgan fingerprint density at radius 2 is 0.515 bits per heavy atom. The van der Waals surface area contributed by atoms with Crippen LogP contribution in [0.1, 0.15) is 200 Å². The monoisotopic (exact) mass is 467 g/mol. The van der Waals surface area contributed by atoms with Crippen molar-refractivity contribution in [2.45, 2.75) is 206 Å². The van der Waals surface area contributed by atoms with Gasteiger partial charge < -0.3 is 5.11 Å². The fourth-order valence-electron chi connectivity index (χ4n) is 5.11. The SMILES string of the molecule is CCCCCCCCCCCCCCCCCCCCCCCCCCCCCC[C@H](C)O. The lowest BCUT2D eigenvalue weighted by Crippen LogP contribution is -1.98. The summed E-state index contributed by atoms with van der Waals surface area (Å²) in [4.78, 5) is 0. The molecule has 0 aromatic carbocycles. The minimum Gasteiger partial charge on any atom is -0.393 e. The molecule has 0 aromatic rings. The minimum atomic E-state index is -0.103. The second-order valence-electron chi connectivity index (χ2n) is 11.2. The molecule has 0 aliphatic rings. The van der Waals surface area contributed by atoms with E-state index < -0.39 is 0 Å². The van der Waals surface area contributed by atoms with Crippen LogP contribution in [-0.4, -0.2) is 11.2 Å². The van der Waals surface area contributed by atoms with Crippen molar-refractivity contribution in [3.63, 3.8) is 0 Å². The lowest BCUT2D eigenvalue weighted by atomic mass is 10.0. The predicted molar refractivity (Wildman–Crippen MR) is 151 cm³/mol. The molecule has 1 nitrogen and oxygen atoms in total. The number of aliphatic hydroxyl groups excluding tert-OH is 1. The zero-order chi connectivity index (χ0) is 24.1. The summed E-state index contributed by atoms with van der Waals surface area (Å²) in [5, 5.41) is 9.25. The Hall–Kier alpha value is -0.0400. The van der Waals surface area contributed by atoms with E-state index in [1.807, 2.05) is 6.92 Å². The van der Waals surface area contributed by atoms with Crippen molar-refractivity contribution in [1.29, 1.82) is 0 Å². The second-order valence-corrected chi connectivity index (χ2v) is 11.2. The third-order valence-electron chi connectivity index (χ3n) is 7.48. The van der Waals surface area contributed by atoms with Crippen LogP contribution in [0, 0.1) is 0 Å². The maximum Gasteiger partial charge on any atom is 0.0512 e. The number of hydrogen-bond acceptors (Lipinski definition) is 1. The lowest BCUT2D eigenvalue weighted by molar-refractivity contribution is 0.180. The highest BCUT2D eigenvalue weighted by atomic mass is 16.3. The van der Waals surface area contributed by atoms with Gasteiger partial charge in [-0.05, 0) is 13.3 Å². The molecule has 0 unspecified atom stereocenters. The molecule has 0 bridgehead atoms. The van der Waals surface area contributed by atoms with Gasteiger partial charge in [0.25, 0.3) is 0 Å². The Labute approximate surface area is 211 Å². The zero-order valence-corrected chi connectivity index (χ0v) is 23.5. The first kappa shape index (κ1) is 33.0. The van der Waals surface area contributed by atoms with Crippen molar-refractivity contribution in [2.75, 3.05) is 0 Å². The number of aliphatic hydroxyl groups is 1. The van der Waals surface area contributed by atoms with Crippen LogP contribution in [0.2, 0.25) is 0 Å². The maximum atomic E-state index is 9.25. The molecule has 0 saturated heterocycles. The summed E-state index contributed by atoms with van der Waals surface area (Å²) in [5.74, 6) is 0. The van der Waals surface area contributed by atoms with E-state index in [0.717, 1.165) is 6.42 Å². The van der Waals surface area contributed by atoms with Gasteiger partial charge in [-0.2, -0.15) is 0 Å². The number of hydrogen-bond donors (Lipinski definition) is 1. The molecule has 0 heterocycles. The average Bonchev–Trinajstić information content (AvgIpc) is 2.80. The Balaban J connectivity index is 3.00. The Kier molecular flexibility index (Phi) is 30.0. The molecule has 0 radical (unpaired) electrons. The van der Waals surface area contributed by atoms with Crippen molar-refractivity contribution in [1.82, 2.24) is 0 Å². The van der Waals surface area contributed by atoms with Gasteiger partial charge in [-0.3, -0.25) is 0 Å². The molecule has 0 fully saturated rings. The van der Waals surface area contributed by atoms with E-state index in [1.54, 1.807) is 0 Å². The molecule has 200 valence electrons. The van der Waals surface area contributed by atoms with Crippen LogP contribution in [-0.2, 0) is 0 Å². The largest absolute Gasteiger partial charge is 0.393 e. The van der Waals surface area contributed by atoms with E-state index in [1.165, 1.54) is 180 Å². The van der Waals surface area contributed by atoms with Gasteiger partial charge in [-0.1, -0.05) is 187 Å². The highest BCUT2D eigenvalue weighted by molar-refractivity contribution is 4.53. The quantitative estimate of drug-likeness (QED) is 0.109. The third-order valence-corrected chi connectivity index (χ3v) is 7.48. The molecule has 1 atom stereocenters. The second kappa shape index (κ2) is 30.0. The van der Waals surface area contributed by atoms with Gasteiger partial charge in [-0.15, -0.1) is 0 Å². The van der Waals surface area contributed by atoms with Crippen LogP contribution in [0.25, 0.3) is 0 Å². The highest BCUT2D eigenvalue weighted by Crippen LogP contribution is 2.16. The molecule has 0 saturated carbocycles. The molecule has 33 heavy (non-hydrogen) atoms. The van der Waals surface area contributed by atoms with Crippen LogP contribution >= 0.6 is 0 Å². The number of unbranched alkanes of at least 4 members (excludes halogenated alkanes) is 27. The predicted octanol–water partition coefficient (Wildman–Crippen LogP) is 11.7. The summed E-state index contributed by atoms with van der Waals surface area (Å²) >= 11 is 0. The van der Waals surface area contributed by atoms with Crippen LogP contribution in [0.4, 0.5) is 0 Å². The normalized spacial score (nSPS) is 12.5. The van der Waals surface area contributed by atoms with Crippen molar-refractivity contribution in [2.24, 2.45) is 0 Å². The summed E-state index contributed by atoms with van der Waals surface area (Å²) in [6.45, 7) is 4.21. The van der Waals surface area contributed by atoms with Gasteiger partial charge in [0.2, 0.25) is 0 Å². The first-order valence-corrected chi connectivity index (χ1v) is 16.0. The molecular formula is C32H66O. The molecule has 1 N–H and O–H groups in total. The van der Waals surface area contributed by atoms with E-state index in [0.29, 0.717) is 0 Å². The van der Waals surface area contributed by atoms with Crippen molar-refractivity contribution >= 4 is 0 Å². The zero-order valence-electron chi connectivity index (χ0n) is 23.5. The summed E-state index contributed by atoms with van der Waals surface area (Å²) in [6, 6.07) is 0. The topological polar surface area (TPSA) is 20.2 Å². The summed E-state index contributed by atoms with van der Waals surface area (Å²) in [5.41, 5.74) is 0. The lowest BCUT2D eigenvalue weighted by Gasteiger charge is -2.05. The average molecular weight is 467 g/mol. The van der Waals surface area contributed by atoms with Crippen LogP contribution < -0.4 is 0 Å². The standard InChI is InChI=1S/C32H66O/c1-3-4-5-6-7-8-9-10-11-12-13-14-15-16-17-18-19-20-21-22-23-24-25-26-27-28-29-30-31-32(2)33/h32-33H,3-31H2,1-2H3/t32-/m0/s1. The summed E-state index contributed by atoms with van der Waals surface area (Å²) in [6.07, 6.45) is 41.4. The smallest absolute Gasteiger partial charge is 0.0512 e. The van der Waals surface area contributed by atoms with Gasteiger partial charge in [0.05, 0.1) is 6.10 Å². The van der Waals surface area contributed by atoms with E-state index in [2.05, 4.69) is 6.92 Å². The minimum absolute atomic E-state index is 0.103. The molecule has 0 aliphatic carbocycles. The van der Waals surface area contributed by atoms with Gasteiger partial charge in [0.1, 0.15) is 0 Å².